The predicted molar refractivity (Wildman–Crippen MR) is 56.3 cm³/mol. The normalized spacial score (nSPS) is 9.83. The van der Waals surface area contributed by atoms with Gasteiger partial charge in [-0.05, 0) is 36.4 Å². The van der Waals surface area contributed by atoms with Crippen LogP contribution in [0.15, 0.2) is 34.6 Å². The van der Waals surface area contributed by atoms with E-state index < -0.39 is 0 Å². The Balaban J connectivity index is 2.97. The fourth-order valence-electron chi connectivity index (χ4n) is 0.918. The third kappa shape index (κ3) is 2.31. The van der Waals surface area contributed by atoms with Crippen LogP contribution in [-0.2, 0) is 0 Å². The maximum absolute atomic E-state index is 5.78. The molecule has 2 heteroatoms. The first-order valence-electron chi connectivity index (χ1n) is 3.79. The Kier molecular flexibility index (Phi) is 2.82. The summed E-state index contributed by atoms with van der Waals surface area (Å²) < 4.78 is 0. The molecule has 0 aromatic heterocycles. The molecule has 1 rings (SSSR count). The molecule has 0 saturated heterocycles. The summed E-state index contributed by atoms with van der Waals surface area (Å²) in [6.07, 6.45) is 0. The van der Waals surface area contributed by atoms with Gasteiger partial charge in [-0.1, -0.05) is 24.4 Å². The van der Waals surface area contributed by atoms with Crippen LogP contribution < -0.4 is 5.73 Å². The highest BCUT2D eigenvalue weighted by molar-refractivity contribution is 8.03. The van der Waals surface area contributed by atoms with Gasteiger partial charge >= 0.3 is 0 Å². The van der Waals surface area contributed by atoms with Crippen LogP contribution in [0.2, 0.25) is 0 Å². The molecule has 0 spiro atoms. The second-order valence-electron chi connectivity index (χ2n) is 2.85. The summed E-state index contributed by atoms with van der Waals surface area (Å²) >= 11 is 1.62. The van der Waals surface area contributed by atoms with Crippen molar-refractivity contribution in [2.24, 2.45) is 0 Å². The molecule has 64 valence electrons. The van der Waals surface area contributed by atoms with Crippen LogP contribution in [0.1, 0.15) is 12.5 Å². The van der Waals surface area contributed by atoms with Crippen LogP contribution in [0.3, 0.4) is 0 Å². The Bertz CT molecular complexity index is 305. The molecule has 2 N–H and O–H groups in total. The number of anilines is 1. The van der Waals surface area contributed by atoms with Gasteiger partial charge in [0.1, 0.15) is 0 Å². The molecule has 0 heterocycles. The fourth-order valence-corrected chi connectivity index (χ4v) is 1.72. The molecule has 0 atom stereocenters. The van der Waals surface area contributed by atoms with Crippen molar-refractivity contribution in [1.82, 2.24) is 0 Å². The van der Waals surface area contributed by atoms with Gasteiger partial charge in [0.05, 0.1) is 0 Å². The first kappa shape index (κ1) is 9.20. The van der Waals surface area contributed by atoms with Gasteiger partial charge in [-0.3, -0.25) is 0 Å². The lowest BCUT2D eigenvalue weighted by Crippen LogP contribution is -1.88. The van der Waals surface area contributed by atoms with E-state index in [4.69, 9.17) is 5.73 Å². The summed E-state index contributed by atoms with van der Waals surface area (Å²) in [5, 5.41) is 0. The number of hydrogen-bond acceptors (Lipinski definition) is 2. The Labute approximate surface area is 77.7 Å². The molecular formula is C10H13NS. The minimum absolute atomic E-state index is 0.827. The van der Waals surface area contributed by atoms with E-state index in [1.165, 1.54) is 5.56 Å². The molecule has 0 aliphatic rings. The lowest BCUT2D eigenvalue weighted by molar-refractivity contribution is 1.37. The zero-order valence-corrected chi connectivity index (χ0v) is 8.24. The first-order valence-corrected chi connectivity index (χ1v) is 4.61. The average Bonchev–Trinajstić information content (AvgIpc) is 1.96. The zero-order valence-electron chi connectivity index (χ0n) is 7.42. The van der Waals surface area contributed by atoms with Gasteiger partial charge in [0.2, 0.25) is 0 Å². The lowest BCUT2D eigenvalue weighted by atomic mass is 10.2. The van der Waals surface area contributed by atoms with Crippen molar-refractivity contribution in [2.45, 2.75) is 18.7 Å². The first-order chi connectivity index (χ1) is 5.59. The molecule has 0 radical (unpaired) electrons. The summed E-state index contributed by atoms with van der Waals surface area (Å²) in [5.74, 6) is 0. The minimum atomic E-state index is 0.827. The molecule has 0 saturated carbocycles. The number of benzene rings is 1. The van der Waals surface area contributed by atoms with E-state index in [2.05, 4.69) is 19.6 Å². The van der Waals surface area contributed by atoms with E-state index in [9.17, 15) is 0 Å². The van der Waals surface area contributed by atoms with Crippen LogP contribution in [0.4, 0.5) is 5.69 Å². The number of nitrogens with two attached hydrogens (primary N) is 1. The standard InChI is InChI=1S/C10H13NS/c1-7(2)12-10-6-8(3)4-5-9(10)11/h4-6H,1,11H2,2-3H3. The van der Waals surface area contributed by atoms with Gasteiger partial charge in [-0.25, -0.2) is 0 Å². The summed E-state index contributed by atoms with van der Waals surface area (Å²) in [5.41, 5.74) is 7.83. The molecule has 0 unspecified atom stereocenters. The fraction of sp³-hybridized carbons (Fsp3) is 0.200. The predicted octanol–water partition coefficient (Wildman–Crippen LogP) is 3.20. The van der Waals surface area contributed by atoms with E-state index in [1.807, 2.05) is 19.1 Å². The maximum atomic E-state index is 5.78. The number of rotatable bonds is 2. The highest BCUT2D eigenvalue weighted by atomic mass is 32.2. The summed E-state index contributed by atoms with van der Waals surface area (Å²) in [7, 11) is 0. The van der Waals surface area contributed by atoms with Crippen molar-refractivity contribution in [1.29, 1.82) is 0 Å². The second-order valence-corrected chi connectivity index (χ2v) is 4.19. The van der Waals surface area contributed by atoms with E-state index in [0.29, 0.717) is 0 Å². The van der Waals surface area contributed by atoms with Gasteiger partial charge < -0.3 is 5.73 Å². The maximum Gasteiger partial charge on any atom is 0.0455 e. The highest BCUT2D eigenvalue weighted by Gasteiger charge is 1.99. The summed E-state index contributed by atoms with van der Waals surface area (Å²) in [6.45, 7) is 7.86. The number of allylic oxidation sites excluding steroid dienone is 1. The molecule has 1 nitrogen and oxygen atoms in total. The topological polar surface area (TPSA) is 26.0 Å². The molecule has 0 bridgehead atoms. The van der Waals surface area contributed by atoms with Crippen molar-refractivity contribution >= 4 is 17.4 Å². The summed E-state index contributed by atoms with van der Waals surface area (Å²) in [6, 6.07) is 6.02. The number of nitrogen functional groups attached to an aromatic ring is 1. The molecule has 0 fully saturated rings. The SMILES string of the molecule is C=C(C)Sc1cc(C)ccc1N. The van der Waals surface area contributed by atoms with Crippen molar-refractivity contribution in [2.75, 3.05) is 5.73 Å². The van der Waals surface area contributed by atoms with Crippen LogP contribution in [-0.4, -0.2) is 0 Å². The highest BCUT2D eigenvalue weighted by Crippen LogP contribution is 2.30. The summed E-state index contributed by atoms with van der Waals surface area (Å²) in [4.78, 5) is 2.16. The third-order valence-corrected chi connectivity index (χ3v) is 2.38. The van der Waals surface area contributed by atoms with Gasteiger partial charge in [-0.2, -0.15) is 0 Å². The van der Waals surface area contributed by atoms with E-state index in [1.54, 1.807) is 11.8 Å². The Hall–Kier alpha value is -0.890. The molecular weight excluding hydrogens is 166 g/mol. The van der Waals surface area contributed by atoms with Crippen molar-refractivity contribution in [3.63, 3.8) is 0 Å². The van der Waals surface area contributed by atoms with Crippen molar-refractivity contribution in [3.8, 4) is 0 Å². The smallest absolute Gasteiger partial charge is 0.0455 e. The Morgan fingerprint density at radius 2 is 2.17 bits per heavy atom. The molecule has 0 aliphatic carbocycles. The van der Waals surface area contributed by atoms with Crippen LogP contribution >= 0.6 is 11.8 Å². The monoisotopic (exact) mass is 179 g/mol. The van der Waals surface area contributed by atoms with Gasteiger partial charge in [0.25, 0.3) is 0 Å². The molecule has 1 aromatic rings. The van der Waals surface area contributed by atoms with Crippen LogP contribution in [0, 0.1) is 6.92 Å². The van der Waals surface area contributed by atoms with E-state index in [-0.39, 0.29) is 0 Å². The number of thioether (sulfide) groups is 1. The van der Waals surface area contributed by atoms with E-state index in [0.717, 1.165) is 15.5 Å². The minimum Gasteiger partial charge on any atom is -0.398 e. The van der Waals surface area contributed by atoms with Crippen molar-refractivity contribution in [3.05, 3.63) is 35.2 Å². The largest absolute Gasteiger partial charge is 0.398 e. The third-order valence-electron chi connectivity index (χ3n) is 1.45. The average molecular weight is 179 g/mol. The quantitative estimate of drug-likeness (QED) is 0.557. The van der Waals surface area contributed by atoms with Gasteiger partial charge in [-0.15, -0.1) is 0 Å². The van der Waals surface area contributed by atoms with Crippen LogP contribution in [0.25, 0.3) is 0 Å². The van der Waals surface area contributed by atoms with Gasteiger partial charge in [0, 0.05) is 10.6 Å². The zero-order chi connectivity index (χ0) is 9.14. The molecule has 1 aromatic carbocycles. The van der Waals surface area contributed by atoms with E-state index >= 15 is 0 Å². The molecule has 0 amide bonds. The van der Waals surface area contributed by atoms with Gasteiger partial charge in [0.15, 0.2) is 0 Å². The molecule has 0 aliphatic heterocycles. The number of aryl methyl sites for hydroxylation is 1. The van der Waals surface area contributed by atoms with Crippen LogP contribution in [0.5, 0.6) is 0 Å². The Morgan fingerprint density at radius 3 is 2.75 bits per heavy atom. The molecule has 12 heavy (non-hydrogen) atoms. The second kappa shape index (κ2) is 3.68. The Morgan fingerprint density at radius 1 is 1.50 bits per heavy atom. The number of hydrogen-bond donors (Lipinski definition) is 1. The van der Waals surface area contributed by atoms with Crippen molar-refractivity contribution < 1.29 is 0 Å². The lowest BCUT2D eigenvalue weighted by Gasteiger charge is -2.05.